The highest BCUT2D eigenvalue weighted by Crippen LogP contribution is 2.35. The van der Waals surface area contributed by atoms with Gasteiger partial charge in [0.25, 0.3) is 0 Å². The largest absolute Gasteiger partial charge is 0.479 e. The summed E-state index contributed by atoms with van der Waals surface area (Å²) in [6, 6.07) is -0.162. The molecule has 0 aromatic rings. The maximum atomic E-state index is 12.7. The Balaban J connectivity index is 3.04. The van der Waals surface area contributed by atoms with Gasteiger partial charge in [-0.15, -0.1) is 0 Å². The fraction of sp³-hybridized carbons (Fsp3) is 0.867. The smallest absolute Gasteiger partial charge is 0.329 e. The predicted molar refractivity (Wildman–Crippen MR) is 78.7 cm³/mol. The average molecular weight is 284 g/mol. The third-order valence-electron chi connectivity index (χ3n) is 4.84. The minimum atomic E-state index is -1.01. The van der Waals surface area contributed by atoms with Gasteiger partial charge in [-0.25, -0.2) is 9.59 Å². The highest BCUT2D eigenvalue weighted by Gasteiger charge is 2.50. The Hall–Kier alpha value is -1.26. The topological polar surface area (TPSA) is 60.9 Å². The maximum absolute atomic E-state index is 12.7. The van der Waals surface area contributed by atoms with Gasteiger partial charge in [0.1, 0.15) is 5.54 Å². The van der Waals surface area contributed by atoms with Gasteiger partial charge in [-0.2, -0.15) is 0 Å². The fourth-order valence-electron chi connectivity index (χ4n) is 2.84. The summed E-state index contributed by atoms with van der Waals surface area (Å²) in [6.45, 7) is 8.54. The van der Waals surface area contributed by atoms with Crippen LogP contribution >= 0.6 is 0 Å². The molecule has 0 aliphatic carbocycles. The Kier molecular flexibility index (Phi) is 5.05. The first-order chi connectivity index (χ1) is 9.23. The lowest BCUT2D eigenvalue weighted by atomic mass is 9.90. The van der Waals surface area contributed by atoms with Crippen molar-refractivity contribution in [3.63, 3.8) is 0 Å². The molecule has 1 atom stereocenters. The van der Waals surface area contributed by atoms with Crippen molar-refractivity contribution in [2.75, 3.05) is 13.6 Å². The molecule has 1 heterocycles. The van der Waals surface area contributed by atoms with Crippen molar-refractivity contribution in [3.8, 4) is 0 Å². The molecule has 1 unspecified atom stereocenters. The first-order valence-electron chi connectivity index (χ1n) is 7.51. The number of nitrogens with zero attached hydrogens (tertiary/aromatic N) is 2. The van der Waals surface area contributed by atoms with Crippen LogP contribution in [0.3, 0.4) is 0 Å². The summed E-state index contributed by atoms with van der Waals surface area (Å²) in [4.78, 5) is 27.8. The quantitative estimate of drug-likeness (QED) is 0.844. The lowest BCUT2D eigenvalue weighted by Gasteiger charge is -2.42. The Morgan fingerprint density at radius 1 is 1.35 bits per heavy atom. The monoisotopic (exact) mass is 284 g/mol. The second-order valence-corrected chi connectivity index (χ2v) is 6.35. The molecule has 20 heavy (non-hydrogen) atoms. The van der Waals surface area contributed by atoms with E-state index < -0.39 is 11.5 Å². The molecule has 0 radical (unpaired) electrons. The molecule has 0 saturated carbocycles. The van der Waals surface area contributed by atoms with Crippen molar-refractivity contribution >= 4 is 12.0 Å². The number of carboxylic acids is 1. The van der Waals surface area contributed by atoms with E-state index in [4.69, 9.17) is 0 Å². The average Bonchev–Trinajstić information content (AvgIpc) is 2.82. The second kappa shape index (κ2) is 6.02. The van der Waals surface area contributed by atoms with Crippen LogP contribution in [-0.4, -0.2) is 51.6 Å². The summed E-state index contributed by atoms with van der Waals surface area (Å²) < 4.78 is 0. The molecule has 0 bridgehead atoms. The molecule has 0 aromatic heterocycles. The summed E-state index contributed by atoms with van der Waals surface area (Å²) in [5.41, 5.74) is -1.28. The molecule has 5 heteroatoms. The van der Waals surface area contributed by atoms with E-state index in [0.717, 1.165) is 19.3 Å². The summed E-state index contributed by atoms with van der Waals surface area (Å²) in [5.74, 6) is -0.868. The van der Waals surface area contributed by atoms with Crippen molar-refractivity contribution in [3.05, 3.63) is 0 Å². The van der Waals surface area contributed by atoms with Gasteiger partial charge in [-0.3, -0.25) is 0 Å². The van der Waals surface area contributed by atoms with Crippen LogP contribution in [0.4, 0.5) is 4.79 Å². The van der Waals surface area contributed by atoms with Crippen LogP contribution in [-0.2, 0) is 4.79 Å². The summed E-state index contributed by atoms with van der Waals surface area (Å²) in [7, 11) is 1.77. The van der Waals surface area contributed by atoms with E-state index in [9.17, 15) is 14.7 Å². The predicted octanol–water partition coefficient (Wildman–Crippen LogP) is 2.95. The number of likely N-dealkylation sites (tertiary alicyclic amines) is 1. The number of hydrogen-bond acceptors (Lipinski definition) is 2. The van der Waals surface area contributed by atoms with Crippen LogP contribution < -0.4 is 0 Å². The van der Waals surface area contributed by atoms with Gasteiger partial charge in [-0.1, -0.05) is 20.3 Å². The van der Waals surface area contributed by atoms with Gasteiger partial charge < -0.3 is 14.9 Å². The number of carboxylic acid groups (broad SMARTS) is 1. The van der Waals surface area contributed by atoms with Crippen LogP contribution in [0, 0.1) is 0 Å². The molecule has 1 N–H and O–H groups in total. The lowest BCUT2D eigenvalue weighted by Crippen LogP contribution is -2.59. The van der Waals surface area contributed by atoms with Crippen LogP contribution in [0.15, 0.2) is 0 Å². The van der Waals surface area contributed by atoms with Crippen molar-refractivity contribution in [2.45, 2.75) is 70.9 Å². The summed E-state index contributed by atoms with van der Waals surface area (Å²) in [5, 5.41) is 9.64. The zero-order valence-corrected chi connectivity index (χ0v) is 13.4. The first-order valence-corrected chi connectivity index (χ1v) is 7.51. The van der Waals surface area contributed by atoms with Crippen LogP contribution in [0.25, 0.3) is 0 Å². The fourth-order valence-corrected chi connectivity index (χ4v) is 2.84. The van der Waals surface area contributed by atoms with Crippen LogP contribution in [0.2, 0.25) is 0 Å². The highest BCUT2D eigenvalue weighted by atomic mass is 16.4. The molecule has 1 fully saturated rings. The molecule has 116 valence electrons. The van der Waals surface area contributed by atoms with E-state index in [1.54, 1.807) is 16.8 Å². The van der Waals surface area contributed by atoms with E-state index in [1.165, 1.54) is 0 Å². The number of amides is 2. The molecular weight excluding hydrogens is 256 g/mol. The molecule has 1 saturated heterocycles. The minimum absolute atomic E-state index is 0.162. The van der Waals surface area contributed by atoms with Crippen molar-refractivity contribution < 1.29 is 14.7 Å². The summed E-state index contributed by atoms with van der Waals surface area (Å²) in [6.07, 6.45) is 3.43. The van der Waals surface area contributed by atoms with Gasteiger partial charge in [-0.05, 0) is 39.5 Å². The number of hydrogen-bond donors (Lipinski definition) is 1. The normalized spacial score (nSPS) is 22.9. The maximum Gasteiger partial charge on any atom is 0.329 e. The molecule has 5 nitrogen and oxygen atoms in total. The molecular formula is C15H28N2O3. The van der Waals surface area contributed by atoms with E-state index in [0.29, 0.717) is 19.4 Å². The number of rotatable bonds is 5. The Morgan fingerprint density at radius 2 is 1.95 bits per heavy atom. The standard InChI is InChI=1S/C15H28N2O3/c1-6-9-15(12(18)19)10-8-11-17(15)13(20)16(5)14(3,4)7-2/h6-11H2,1-5H3,(H,18,19). The van der Waals surface area contributed by atoms with E-state index >= 15 is 0 Å². The Labute approximate surface area is 121 Å². The number of carbonyl (C=O) groups is 2. The number of carbonyl (C=O) groups excluding carboxylic acids is 1. The van der Waals surface area contributed by atoms with E-state index in [2.05, 4.69) is 0 Å². The number of urea groups is 1. The van der Waals surface area contributed by atoms with Crippen molar-refractivity contribution in [2.24, 2.45) is 0 Å². The van der Waals surface area contributed by atoms with E-state index in [1.807, 2.05) is 27.7 Å². The third-order valence-corrected chi connectivity index (χ3v) is 4.84. The molecule has 0 spiro atoms. The highest BCUT2D eigenvalue weighted by molar-refractivity contribution is 5.87. The summed E-state index contributed by atoms with van der Waals surface area (Å²) >= 11 is 0. The molecule has 1 rings (SSSR count). The number of aliphatic carboxylic acids is 1. The molecule has 0 aromatic carbocycles. The van der Waals surface area contributed by atoms with Gasteiger partial charge in [0.05, 0.1) is 0 Å². The Bertz CT molecular complexity index is 381. The van der Waals surface area contributed by atoms with E-state index in [-0.39, 0.29) is 11.6 Å². The second-order valence-electron chi connectivity index (χ2n) is 6.35. The van der Waals surface area contributed by atoms with Crippen molar-refractivity contribution in [1.82, 2.24) is 9.80 Å². The first kappa shape index (κ1) is 16.8. The van der Waals surface area contributed by atoms with Gasteiger partial charge >= 0.3 is 12.0 Å². The van der Waals surface area contributed by atoms with Crippen LogP contribution in [0.5, 0.6) is 0 Å². The van der Waals surface area contributed by atoms with Gasteiger partial charge in [0.15, 0.2) is 0 Å². The van der Waals surface area contributed by atoms with Crippen LogP contribution in [0.1, 0.15) is 59.8 Å². The lowest BCUT2D eigenvalue weighted by molar-refractivity contribution is -0.149. The molecule has 1 aliphatic rings. The third kappa shape index (κ3) is 2.76. The molecule has 1 aliphatic heterocycles. The molecule has 2 amide bonds. The zero-order chi connectivity index (χ0) is 15.6. The van der Waals surface area contributed by atoms with Gasteiger partial charge in [0.2, 0.25) is 0 Å². The van der Waals surface area contributed by atoms with Gasteiger partial charge in [0, 0.05) is 19.1 Å². The SMILES string of the molecule is CCCC1(C(=O)O)CCCN1C(=O)N(C)C(C)(C)CC. The Morgan fingerprint density at radius 3 is 2.40 bits per heavy atom. The zero-order valence-electron chi connectivity index (χ0n) is 13.4. The minimum Gasteiger partial charge on any atom is -0.479 e. The van der Waals surface area contributed by atoms with Crippen molar-refractivity contribution in [1.29, 1.82) is 0 Å².